The van der Waals surface area contributed by atoms with Gasteiger partial charge in [-0.05, 0) is 49.2 Å². The number of benzene rings is 2. The molecular weight excluding hydrogens is 592 g/mol. The highest BCUT2D eigenvalue weighted by atomic mass is 35.5. The standard InChI is InChI=1S/C26H25ClF4N4O3S2/c27-21-15-19(28)4-5-23(21)40(37,38)35-8-6-17(7-9-35)24-32-22(16-39-24)25(36)34-12-10-33(11-13-34)20-3-1-2-18(14-20)26(29,30)31/h1-5,14-17H,6-13H2. The van der Waals surface area contributed by atoms with Crippen molar-refractivity contribution in [3.63, 3.8) is 0 Å². The van der Waals surface area contributed by atoms with Gasteiger partial charge in [-0.25, -0.2) is 17.8 Å². The minimum absolute atomic E-state index is 0.0144. The van der Waals surface area contributed by atoms with Crippen LogP contribution >= 0.6 is 22.9 Å². The Kier molecular flexibility index (Phi) is 8.10. The van der Waals surface area contributed by atoms with E-state index in [9.17, 15) is 30.8 Å². The smallest absolute Gasteiger partial charge is 0.368 e. The number of rotatable bonds is 5. The largest absolute Gasteiger partial charge is 0.416 e. The number of piperazine rings is 1. The molecule has 1 aromatic heterocycles. The third-order valence-corrected chi connectivity index (χ3v) is 10.6. The molecular formula is C26H25ClF4N4O3S2. The molecule has 214 valence electrons. The number of thiazole rings is 1. The van der Waals surface area contributed by atoms with Crippen LogP contribution in [-0.4, -0.2) is 67.8 Å². The first-order valence-electron chi connectivity index (χ1n) is 12.6. The van der Waals surface area contributed by atoms with E-state index in [0.717, 1.165) is 35.3 Å². The third kappa shape index (κ3) is 5.97. The van der Waals surface area contributed by atoms with E-state index in [2.05, 4.69) is 4.98 Å². The van der Waals surface area contributed by atoms with Crippen molar-refractivity contribution in [2.45, 2.75) is 29.8 Å². The van der Waals surface area contributed by atoms with E-state index in [-0.39, 0.29) is 34.8 Å². The van der Waals surface area contributed by atoms with Crippen LogP contribution in [0.2, 0.25) is 5.02 Å². The van der Waals surface area contributed by atoms with Gasteiger partial charge in [-0.15, -0.1) is 11.3 Å². The number of nitrogens with zero attached hydrogens (tertiary/aromatic N) is 4. The number of hydrogen-bond acceptors (Lipinski definition) is 6. The number of anilines is 1. The highest BCUT2D eigenvalue weighted by molar-refractivity contribution is 7.89. The van der Waals surface area contributed by atoms with Crippen molar-refractivity contribution in [1.82, 2.24) is 14.2 Å². The highest BCUT2D eigenvalue weighted by Crippen LogP contribution is 2.35. The Morgan fingerprint density at radius 1 is 1.00 bits per heavy atom. The molecule has 0 unspecified atom stereocenters. The van der Waals surface area contributed by atoms with Gasteiger partial charge < -0.3 is 9.80 Å². The Bertz CT molecular complexity index is 1500. The molecule has 40 heavy (non-hydrogen) atoms. The van der Waals surface area contributed by atoms with Crippen molar-refractivity contribution < 1.29 is 30.8 Å². The van der Waals surface area contributed by atoms with Gasteiger partial charge in [0.25, 0.3) is 5.91 Å². The third-order valence-electron chi connectivity index (χ3n) is 7.16. The number of alkyl halides is 3. The van der Waals surface area contributed by atoms with Gasteiger partial charge in [-0.1, -0.05) is 17.7 Å². The molecule has 0 saturated carbocycles. The van der Waals surface area contributed by atoms with E-state index in [1.807, 2.05) is 4.90 Å². The molecule has 14 heteroatoms. The van der Waals surface area contributed by atoms with Gasteiger partial charge in [-0.2, -0.15) is 17.5 Å². The summed E-state index contributed by atoms with van der Waals surface area (Å²) in [6.45, 7) is 1.97. The lowest BCUT2D eigenvalue weighted by molar-refractivity contribution is -0.137. The quantitative estimate of drug-likeness (QED) is 0.355. The van der Waals surface area contributed by atoms with Gasteiger partial charge in [-0.3, -0.25) is 4.79 Å². The molecule has 2 aliphatic heterocycles. The number of amides is 1. The average Bonchev–Trinajstić information content (AvgIpc) is 3.43. The van der Waals surface area contributed by atoms with Gasteiger partial charge in [0, 0.05) is 56.3 Å². The van der Waals surface area contributed by atoms with Crippen molar-refractivity contribution in [2.75, 3.05) is 44.2 Å². The molecule has 7 nitrogen and oxygen atoms in total. The first kappa shape index (κ1) is 28.8. The Labute approximate surface area is 238 Å². The van der Waals surface area contributed by atoms with Crippen molar-refractivity contribution >= 4 is 44.6 Å². The van der Waals surface area contributed by atoms with Crippen molar-refractivity contribution in [1.29, 1.82) is 0 Å². The van der Waals surface area contributed by atoms with Crippen LogP contribution in [0.3, 0.4) is 0 Å². The molecule has 2 saturated heterocycles. The number of piperidine rings is 1. The molecule has 2 aliphatic rings. The Morgan fingerprint density at radius 2 is 1.70 bits per heavy atom. The Hall–Kier alpha value is -2.74. The molecule has 0 bridgehead atoms. The fraction of sp³-hybridized carbons (Fsp3) is 0.385. The molecule has 3 aromatic rings. The van der Waals surface area contributed by atoms with Crippen LogP contribution in [0.25, 0.3) is 0 Å². The summed E-state index contributed by atoms with van der Waals surface area (Å²) in [6, 6.07) is 8.36. The van der Waals surface area contributed by atoms with Crippen molar-refractivity contribution in [2.24, 2.45) is 0 Å². The second kappa shape index (κ2) is 11.3. The van der Waals surface area contributed by atoms with Crippen LogP contribution < -0.4 is 4.90 Å². The van der Waals surface area contributed by atoms with E-state index in [1.54, 1.807) is 16.3 Å². The minimum atomic E-state index is -4.42. The fourth-order valence-corrected chi connectivity index (χ4v) is 7.89. The maximum atomic E-state index is 13.4. The van der Waals surface area contributed by atoms with Crippen LogP contribution in [0.4, 0.5) is 23.2 Å². The maximum Gasteiger partial charge on any atom is 0.416 e. The van der Waals surface area contributed by atoms with E-state index in [0.29, 0.717) is 50.4 Å². The normalized spacial score (nSPS) is 17.8. The van der Waals surface area contributed by atoms with Gasteiger partial charge in [0.05, 0.1) is 15.6 Å². The molecule has 0 N–H and O–H groups in total. The van der Waals surface area contributed by atoms with E-state index >= 15 is 0 Å². The Morgan fingerprint density at radius 3 is 2.35 bits per heavy atom. The van der Waals surface area contributed by atoms with Crippen LogP contribution in [-0.2, 0) is 16.2 Å². The lowest BCUT2D eigenvalue weighted by Crippen LogP contribution is -2.49. The van der Waals surface area contributed by atoms with Crippen LogP contribution in [0.1, 0.15) is 39.8 Å². The topological polar surface area (TPSA) is 73.8 Å². The summed E-state index contributed by atoms with van der Waals surface area (Å²) in [4.78, 5) is 21.0. The fourth-order valence-electron chi connectivity index (χ4n) is 4.95. The molecule has 0 aliphatic carbocycles. The zero-order valence-corrected chi connectivity index (χ0v) is 23.5. The monoisotopic (exact) mass is 616 g/mol. The van der Waals surface area contributed by atoms with Gasteiger partial charge in [0.15, 0.2) is 0 Å². The van der Waals surface area contributed by atoms with E-state index in [4.69, 9.17) is 11.6 Å². The zero-order chi connectivity index (χ0) is 28.7. The van der Waals surface area contributed by atoms with Gasteiger partial charge in [0.1, 0.15) is 16.4 Å². The van der Waals surface area contributed by atoms with Crippen molar-refractivity contribution in [3.8, 4) is 0 Å². The second-order valence-electron chi connectivity index (χ2n) is 9.65. The molecule has 1 amide bonds. The Balaban J connectivity index is 1.17. The number of halogens is 5. The summed E-state index contributed by atoms with van der Waals surface area (Å²) in [6.07, 6.45) is -3.40. The van der Waals surface area contributed by atoms with Crippen LogP contribution in [0, 0.1) is 5.82 Å². The number of sulfonamides is 1. The van der Waals surface area contributed by atoms with E-state index in [1.165, 1.54) is 21.7 Å². The molecule has 3 heterocycles. The zero-order valence-electron chi connectivity index (χ0n) is 21.1. The number of carbonyl (C=O) groups excluding carboxylic acids is 1. The molecule has 0 atom stereocenters. The number of carbonyl (C=O) groups is 1. The predicted molar refractivity (Wildman–Crippen MR) is 144 cm³/mol. The molecule has 0 spiro atoms. The summed E-state index contributed by atoms with van der Waals surface area (Å²) < 4.78 is 79.9. The van der Waals surface area contributed by atoms with Gasteiger partial charge >= 0.3 is 6.18 Å². The summed E-state index contributed by atoms with van der Waals surface area (Å²) in [5.41, 5.74) is 0.0646. The lowest BCUT2D eigenvalue weighted by atomic mass is 9.99. The maximum absolute atomic E-state index is 13.4. The average molecular weight is 617 g/mol. The second-order valence-corrected chi connectivity index (χ2v) is 12.9. The van der Waals surface area contributed by atoms with Crippen LogP contribution in [0.15, 0.2) is 52.7 Å². The molecule has 5 rings (SSSR count). The lowest BCUT2D eigenvalue weighted by Gasteiger charge is -2.36. The molecule has 0 radical (unpaired) electrons. The highest BCUT2D eigenvalue weighted by Gasteiger charge is 2.34. The predicted octanol–water partition coefficient (Wildman–Crippen LogP) is 5.49. The number of hydrogen-bond donors (Lipinski definition) is 0. The molecule has 2 aromatic carbocycles. The summed E-state index contributed by atoms with van der Waals surface area (Å²) in [5.74, 6) is -0.869. The van der Waals surface area contributed by atoms with E-state index < -0.39 is 27.6 Å². The molecule has 2 fully saturated rings. The number of aromatic nitrogens is 1. The first-order chi connectivity index (χ1) is 18.9. The van der Waals surface area contributed by atoms with Crippen molar-refractivity contribution in [3.05, 3.63) is 74.9 Å². The minimum Gasteiger partial charge on any atom is -0.368 e. The van der Waals surface area contributed by atoms with Crippen LogP contribution in [0.5, 0.6) is 0 Å². The summed E-state index contributed by atoms with van der Waals surface area (Å²) >= 11 is 7.33. The first-order valence-corrected chi connectivity index (χ1v) is 15.3. The van der Waals surface area contributed by atoms with Gasteiger partial charge in [0.2, 0.25) is 10.0 Å². The summed E-state index contributed by atoms with van der Waals surface area (Å²) in [7, 11) is -3.87. The SMILES string of the molecule is O=C(c1csc(C2CCN(S(=O)(=O)c3ccc(F)cc3Cl)CC2)n1)N1CCN(c2cccc(C(F)(F)F)c2)CC1. The summed E-state index contributed by atoms with van der Waals surface area (Å²) in [5, 5.41) is 2.28.